The van der Waals surface area contributed by atoms with Gasteiger partial charge in [0.05, 0.1) is 11.4 Å². The molecule has 5 rings (SSSR count). The Morgan fingerprint density at radius 3 is 2.67 bits per heavy atom. The van der Waals surface area contributed by atoms with Crippen molar-refractivity contribution < 1.29 is 9.90 Å². The lowest BCUT2D eigenvalue weighted by Gasteiger charge is -2.37. The third-order valence-electron chi connectivity index (χ3n) is 6.31. The number of anilines is 1. The van der Waals surface area contributed by atoms with Crippen molar-refractivity contribution in [2.75, 3.05) is 18.0 Å². The minimum Gasteiger partial charge on any atom is -0.380 e. The van der Waals surface area contributed by atoms with Gasteiger partial charge in [-0.2, -0.15) is 10.2 Å². The van der Waals surface area contributed by atoms with Gasteiger partial charge in [-0.1, -0.05) is 6.07 Å². The lowest BCUT2D eigenvalue weighted by atomic mass is 9.90. The van der Waals surface area contributed by atoms with Crippen LogP contribution in [0.2, 0.25) is 0 Å². The number of carbonyl (C=O) groups excluding carboxylic acids is 1. The highest BCUT2D eigenvalue weighted by Crippen LogP contribution is 2.25. The van der Waals surface area contributed by atoms with Gasteiger partial charge in [-0.3, -0.25) is 9.89 Å². The molecular weight excluding hydrogens is 458 g/mol. The van der Waals surface area contributed by atoms with Crippen molar-refractivity contribution in [3.8, 4) is 5.82 Å². The number of aromatic amines is 1. The zero-order valence-corrected chi connectivity index (χ0v) is 20.3. The maximum Gasteiger partial charge on any atom is 0.252 e. The van der Waals surface area contributed by atoms with Gasteiger partial charge in [-0.25, -0.2) is 19.6 Å². The number of nitrogens with one attached hydrogen (secondary N) is 2. The van der Waals surface area contributed by atoms with Crippen molar-refractivity contribution in [1.82, 2.24) is 40.2 Å². The predicted octanol–water partition coefficient (Wildman–Crippen LogP) is 1.64. The van der Waals surface area contributed by atoms with Gasteiger partial charge in [-0.15, -0.1) is 0 Å². The molecule has 0 saturated carbocycles. The van der Waals surface area contributed by atoms with Crippen molar-refractivity contribution >= 4 is 11.9 Å². The molecule has 1 fully saturated rings. The Morgan fingerprint density at radius 2 is 2.00 bits per heavy atom. The van der Waals surface area contributed by atoms with E-state index in [0.29, 0.717) is 44.1 Å². The first-order valence-electron chi connectivity index (χ1n) is 11.9. The molecule has 0 spiro atoms. The smallest absolute Gasteiger partial charge is 0.252 e. The summed E-state index contributed by atoms with van der Waals surface area (Å²) in [6.07, 6.45) is 6.39. The zero-order valence-electron chi connectivity index (χ0n) is 20.3. The lowest BCUT2D eigenvalue weighted by Crippen LogP contribution is -2.54. The molecule has 0 aliphatic carbocycles. The molecular formula is C25H29N9O2. The quantitative estimate of drug-likeness (QED) is 0.358. The summed E-state index contributed by atoms with van der Waals surface area (Å²) in [5, 5.41) is 25.3. The number of hydrogen-bond acceptors (Lipinski definition) is 8. The van der Waals surface area contributed by atoms with Crippen LogP contribution in [0, 0.1) is 13.8 Å². The maximum atomic E-state index is 12.8. The van der Waals surface area contributed by atoms with Crippen molar-refractivity contribution in [3.05, 3.63) is 77.3 Å². The van der Waals surface area contributed by atoms with Gasteiger partial charge in [-0.05, 0) is 43.7 Å². The number of rotatable bonds is 7. The monoisotopic (exact) mass is 487 g/mol. The largest absolute Gasteiger partial charge is 0.380 e. The van der Waals surface area contributed by atoms with Crippen LogP contribution in [0.25, 0.3) is 5.82 Å². The molecule has 4 aromatic heterocycles. The second-order valence-corrected chi connectivity index (χ2v) is 9.20. The average Bonchev–Trinajstić information content (AvgIpc) is 3.55. The lowest BCUT2D eigenvalue weighted by molar-refractivity contribution is -0.142. The number of nitrogens with zero attached hydrogens (tertiary/aromatic N) is 7. The fourth-order valence-corrected chi connectivity index (χ4v) is 4.31. The Kier molecular flexibility index (Phi) is 6.47. The van der Waals surface area contributed by atoms with E-state index < -0.39 is 5.60 Å². The molecule has 186 valence electrons. The van der Waals surface area contributed by atoms with E-state index in [-0.39, 0.29) is 12.5 Å². The fourth-order valence-electron chi connectivity index (χ4n) is 4.31. The number of pyridine rings is 1. The van der Waals surface area contributed by atoms with Gasteiger partial charge in [0.15, 0.2) is 5.82 Å². The van der Waals surface area contributed by atoms with Gasteiger partial charge >= 0.3 is 0 Å². The molecule has 36 heavy (non-hydrogen) atoms. The Morgan fingerprint density at radius 1 is 1.17 bits per heavy atom. The van der Waals surface area contributed by atoms with Crippen LogP contribution in [0.1, 0.15) is 41.2 Å². The fraction of sp³-hybridized carbons (Fsp3) is 0.360. The van der Waals surface area contributed by atoms with Gasteiger partial charge in [0.2, 0.25) is 5.95 Å². The van der Waals surface area contributed by atoms with E-state index in [1.165, 1.54) is 0 Å². The van der Waals surface area contributed by atoms with Crippen molar-refractivity contribution in [2.24, 2.45) is 0 Å². The first-order chi connectivity index (χ1) is 17.4. The summed E-state index contributed by atoms with van der Waals surface area (Å²) in [5.41, 5.74) is 3.09. The number of H-pyrrole nitrogens is 1. The molecule has 4 aromatic rings. The minimum absolute atomic E-state index is 0.286. The number of amides is 1. The standard InChI is InChI=1S/C25H29N9O2/c1-17-12-20(14-21-13-18(2)31-32-21)30-24(29-17)33-10-6-25(36,7-11-33)23(35)27-16-19-4-5-22(26-15-19)34-9-3-8-28-34/h3-5,8-9,12-13,15,36H,6-7,10-11,14,16H2,1-2H3,(H,27,35)(H,31,32). The third-order valence-corrected chi connectivity index (χ3v) is 6.31. The Bertz CT molecular complexity index is 1320. The van der Waals surface area contributed by atoms with Crippen LogP contribution in [0.15, 0.2) is 48.9 Å². The van der Waals surface area contributed by atoms with Crippen LogP contribution in [-0.2, 0) is 17.8 Å². The highest BCUT2D eigenvalue weighted by atomic mass is 16.3. The van der Waals surface area contributed by atoms with Gasteiger partial charge in [0.25, 0.3) is 5.91 Å². The molecule has 1 saturated heterocycles. The summed E-state index contributed by atoms with van der Waals surface area (Å²) in [6, 6.07) is 9.50. The van der Waals surface area contributed by atoms with Crippen molar-refractivity contribution in [3.63, 3.8) is 0 Å². The number of piperidine rings is 1. The van der Waals surface area contributed by atoms with Gasteiger partial charge < -0.3 is 15.3 Å². The highest BCUT2D eigenvalue weighted by molar-refractivity contribution is 5.85. The van der Waals surface area contributed by atoms with E-state index in [1.807, 2.05) is 55.3 Å². The van der Waals surface area contributed by atoms with Crippen molar-refractivity contribution in [1.29, 1.82) is 0 Å². The molecule has 0 aromatic carbocycles. The normalized spacial score (nSPS) is 15.1. The summed E-state index contributed by atoms with van der Waals surface area (Å²) in [7, 11) is 0. The second kappa shape index (κ2) is 9.86. The SMILES string of the molecule is Cc1cc(Cc2cc(C)[nH]n2)nc(N2CCC(O)(C(=O)NCc3ccc(-n4cccn4)nc3)CC2)n1. The van der Waals surface area contributed by atoms with Crippen LogP contribution in [0.4, 0.5) is 5.95 Å². The van der Waals surface area contributed by atoms with Crippen LogP contribution in [0.3, 0.4) is 0 Å². The molecule has 1 amide bonds. The predicted molar refractivity (Wildman–Crippen MR) is 133 cm³/mol. The molecule has 0 atom stereocenters. The minimum atomic E-state index is -1.43. The molecule has 11 heteroatoms. The Balaban J connectivity index is 1.17. The van der Waals surface area contributed by atoms with Gasteiger partial charge in [0.1, 0.15) is 5.60 Å². The molecule has 1 aliphatic rings. The zero-order chi connectivity index (χ0) is 25.1. The van der Waals surface area contributed by atoms with E-state index in [1.54, 1.807) is 17.1 Å². The summed E-state index contributed by atoms with van der Waals surface area (Å²) < 4.78 is 1.66. The van der Waals surface area contributed by atoms with Crippen LogP contribution in [-0.4, -0.2) is 64.6 Å². The Labute approximate surface area is 208 Å². The molecule has 5 heterocycles. The highest BCUT2D eigenvalue weighted by Gasteiger charge is 2.39. The van der Waals surface area contributed by atoms with Crippen LogP contribution in [0.5, 0.6) is 0 Å². The molecule has 0 radical (unpaired) electrons. The number of hydrogen-bond donors (Lipinski definition) is 3. The van der Waals surface area contributed by atoms with Crippen LogP contribution < -0.4 is 10.2 Å². The summed E-state index contributed by atoms with van der Waals surface area (Å²) in [6.45, 7) is 5.15. The Hall–Kier alpha value is -4.12. The molecule has 0 unspecified atom stereocenters. The first-order valence-corrected chi connectivity index (χ1v) is 11.9. The van der Waals surface area contributed by atoms with Gasteiger partial charge in [0, 0.05) is 68.9 Å². The number of aliphatic hydroxyl groups is 1. The third kappa shape index (κ3) is 5.25. The summed E-state index contributed by atoms with van der Waals surface area (Å²) in [5.74, 6) is 0.934. The van der Waals surface area contributed by atoms with E-state index in [0.717, 1.165) is 28.3 Å². The second-order valence-electron chi connectivity index (χ2n) is 9.20. The number of aryl methyl sites for hydroxylation is 2. The molecule has 11 nitrogen and oxygen atoms in total. The first kappa shape index (κ1) is 23.6. The van der Waals surface area contributed by atoms with Crippen LogP contribution >= 0.6 is 0 Å². The van der Waals surface area contributed by atoms with Crippen molar-refractivity contribution in [2.45, 2.75) is 45.3 Å². The van der Waals surface area contributed by atoms with E-state index in [9.17, 15) is 9.90 Å². The van der Waals surface area contributed by atoms with E-state index in [4.69, 9.17) is 4.98 Å². The summed E-state index contributed by atoms with van der Waals surface area (Å²) >= 11 is 0. The summed E-state index contributed by atoms with van der Waals surface area (Å²) in [4.78, 5) is 28.6. The molecule has 1 aliphatic heterocycles. The van der Waals surface area contributed by atoms with E-state index >= 15 is 0 Å². The van der Waals surface area contributed by atoms with E-state index in [2.05, 4.69) is 30.6 Å². The topological polar surface area (TPSA) is 138 Å². The number of aromatic nitrogens is 7. The maximum absolute atomic E-state index is 12.8. The molecule has 3 N–H and O–H groups in total. The average molecular weight is 488 g/mol. The number of carbonyl (C=O) groups is 1. The molecule has 0 bridgehead atoms.